The van der Waals surface area contributed by atoms with E-state index in [9.17, 15) is 4.79 Å². The topological polar surface area (TPSA) is 70.4 Å². The summed E-state index contributed by atoms with van der Waals surface area (Å²) in [5.74, 6) is 2.31. The van der Waals surface area contributed by atoms with Gasteiger partial charge in [0.05, 0.1) is 33.3 Å². The Labute approximate surface area is 187 Å². The number of fused-ring (bicyclic) bond motifs is 1. The summed E-state index contributed by atoms with van der Waals surface area (Å²) in [6.07, 6.45) is 3.34. The molecule has 1 aromatic heterocycles. The fourth-order valence-corrected chi connectivity index (χ4v) is 4.05. The van der Waals surface area contributed by atoms with Gasteiger partial charge in [-0.1, -0.05) is 0 Å². The smallest absolute Gasteiger partial charge is 0.235 e. The van der Waals surface area contributed by atoms with Gasteiger partial charge in [-0.2, -0.15) is 0 Å². The van der Waals surface area contributed by atoms with Crippen LogP contribution in [0.3, 0.4) is 0 Å². The van der Waals surface area contributed by atoms with Gasteiger partial charge >= 0.3 is 0 Å². The van der Waals surface area contributed by atoms with Crippen molar-refractivity contribution in [1.29, 1.82) is 0 Å². The Hall–Kier alpha value is -3.19. The normalized spacial score (nSPS) is 14.0. The molecule has 0 bridgehead atoms. The average Bonchev–Trinajstić information content (AvgIpc) is 3.35. The fourth-order valence-electron chi connectivity index (χ4n) is 4.05. The number of hydrogen-bond donors (Lipinski definition) is 0. The molecular weight excluding hydrogens is 410 g/mol. The van der Waals surface area contributed by atoms with Crippen molar-refractivity contribution in [2.75, 3.05) is 47.6 Å². The molecule has 7 heteroatoms. The Morgan fingerprint density at radius 3 is 2.44 bits per heavy atom. The second kappa shape index (κ2) is 9.96. The lowest BCUT2D eigenvalue weighted by atomic mass is 10.1. The molecule has 2 heterocycles. The van der Waals surface area contributed by atoms with Gasteiger partial charge in [-0.05, 0) is 62.7 Å². The maximum atomic E-state index is 13.4. The monoisotopic (exact) mass is 439 g/mol. The molecule has 1 fully saturated rings. The van der Waals surface area contributed by atoms with E-state index in [0.29, 0.717) is 46.1 Å². The lowest BCUT2D eigenvalue weighted by Crippen LogP contribution is -2.22. The van der Waals surface area contributed by atoms with E-state index in [1.165, 1.54) is 12.8 Å². The van der Waals surface area contributed by atoms with Crippen molar-refractivity contribution in [2.24, 2.45) is 0 Å². The van der Waals surface area contributed by atoms with Crippen molar-refractivity contribution >= 4 is 11.0 Å². The standard InChI is InChI=1S/C25H29NO6/c1-28-18-8-9-19-21(16-18)32-24(17-7-10-20(29-2)22(15-17)30-3)25(23(19)27)31-14-6-13-26-11-4-5-12-26/h7-10,15-16H,4-6,11-14H2,1-3H3. The van der Waals surface area contributed by atoms with E-state index in [4.69, 9.17) is 23.4 Å². The van der Waals surface area contributed by atoms with E-state index in [-0.39, 0.29) is 11.2 Å². The van der Waals surface area contributed by atoms with Gasteiger partial charge in [0, 0.05) is 18.2 Å². The van der Waals surface area contributed by atoms with Crippen LogP contribution in [0.25, 0.3) is 22.3 Å². The quantitative estimate of drug-likeness (QED) is 0.459. The largest absolute Gasteiger partial charge is 0.497 e. The second-order valence-corrected chi connectivity index (χ2v) is 7.77. The van der Waals surface area contributed by atoms with Gasteiger partial charge in [-0.15, -0.1) is 0 Å². The molecule has 1 saturated heterocycles. The zero-order valence-electron chi connectivity index (χ0n) is 18.8. The molecule has 0 amide bonds. The molecule has 1 aliphatic heterocycles. The van der Waals surface area contributed by atoms with Crippen LogP contribution in [0.4, 0.5) is 0 Å². The molecule has 1 aliphatic rings. The van der Waals surface area contributed by atoms with Crippen molar-refractivity contribution in [1.82, 2.24) is 4.90 Å². The van der Waals surface area contributed by atoms with Crippen LogP contribution in [-0.2, 0) is 0 Å². The average molecular weight is 440 g/mol. The molecule has 0 atom stereocenters. The van der Waals surface area contributed by atoms with Gasteiger partial charge < -0.3 is 28.3 Å². The number of methoxy groups -OCH3 is 3. The fraction of sp³-hybridized carbons (Fsp3) is 0.400. The number of rotatable bonds is 9. The maximum Gasteiger partial charge on any atom is 0.235 e. The minimum absolute atomic E-state index is 0.205. The maximum absolute atomic E-state index is 13.4. The van der Waals surface area contributed by atoms with Gasteiger partial charge in [-0.3, -0.25) is 4.79 Å². The first-order valence-electron chi connectivity index (χ1n) is 10.9. The highest BCUT2D eigenvalue weighted by Crippen LogP contribution is 2.37. The number of benzene rings is 2. The van der Waals surface area contributed by atoms with Crippen LogP contribution in [0.5, 0.6) is 23.0 Å². The summed E-state index contributed by atoms with van der Waals surface area (Å²) in [6.45, 7) is 3.67. The van der Waals surface area contributed by atoms with Gasteiger partial charge in [0.1, 0.15) is 11.3 Å². The van der Waals surface area contributed by atoms with Crippen molar-refractivity contribution in [3.8, 4) is 34.3 Å². The minimum Gasteiger partial charge on any atom is -0.497 e. The van der Waals surface area contributed by atoms with E-state index in [2.05, 4.69) is 4.90 Å². The summed E-state index contributed by atoms with van der Waals surface area (Å²) < 4.78 is 28.3. The SMILES string of the molecule is COc1ccc2c(=O)c(OCCCN3CCCC3)c(-c3ccc(OC)c(OC)c3)oc2c1. The van der Waals surface area contributed by atoms with Crippen LogP contribution < -0.4 is 24.4 Å². The summed E-state index contributed by atoms with van der Waals surface area (Å²) in [6, 6.07) is 10.5. The van der Waals surface area contributed by atoms with E-state index in [1.807, 2.05) is 6.07 Å². The Morgan fingerprint density at radius 2 is 1.72 bits per heavy atom. The van der Waals surface area contributed by atoms with Crippen molar-refractivity contribution in [3.63, 3.8) is 0 Å². The molecule has 0 spiro atoms. The highest BCUT2D eigenvalue weighted by atomic mass is 16.5. The highest BCUT2D eigenvalue weighted by molar-refractivity contribution is 5.83. The van der Waals surface area contributed by atoms with E-state index < -0.39 is 0 Å². The zero-order chi connectivity index (χ0) is 22.5. The number of likely N-dealkylation sites (tertiary alicyclic amines) is 1. The molecule has 0 N–H and O–H groups in total. The van der Waals surface area contributed by atoms with Gasteiger partial charge in [-0.25, -0.2) is 0 Å². The molecule has 4 rings (SSSR count). The molecule has 0 saturated carbocycles. The van der Waals surface area contributed by atoms with Crippen LogP contribution in [-0.4, -0.2) is 52.5 Å². The van der Waals surface area contributed by atoms with Crippen LogP contribution in [0, 0.1) is 0 Å². The highest BCUT2D eigenvalue weighted by Gasteiger charge is 2.20. The summed E-state index contributed by atoms with van der Waals surface area (Å²) >= 11 is 0. The number of hydrogen-bond acceptors (Lipinski definition) is 7. The summed E-state index contributed by atoms with van der Waals surface area (Å²) in [7, 11) is 4.72. The molecule has 0 radical (unpaired) electrons. The lowest BCUT2D eigenvalue weighted by Gasteiger charge is -2.16. The van der Waals surface area contributed by atoms with Gasteiger partial charge in [0.25, 0.3) is 0 Å². The van der Waals surface area contributed by atoms with Crippen molar-refractivity contribution < 1.29 is 23.4 Å². The van der Waals surface area contributed by atoms with Crippen LogP contribution in [0.15, 0.2) is 45.6 Å². The van der Waals surface area contributed by atoms with E-state index >= 15 is 0 Å². The summed E-state index contributed by atoms with van der Waals surface area (Å²) in [5.41, 5.74) is 0.891. The first-order chi connectivity index (χ1) is 15.6. The molecule has 32 heavy (non-hydrogen) atoms. The van der Waals surface area contributed by atoms with Gasteiger partial charge in [0.15, 0.2) is 17.3 Å². The predicted octanol–water partition coefficient (Wildman–Crippen LogP) is 4.35. The molecule has 0 aliphatic carbocycles. The predicted molar refractivity (Wildman–Crippen MR) is 123 cm³/mol. The number of nitrogens with zero attached hydrogens (tertiary/aromatic N) is 1. The second-order valence-electron chi connectivity index (χ2n) is 7.77. The molecular formula is C25H29NO6. The third-order valence-electron chi connectivity index (χ3n) is 5.77. The Kier molecular flexibility index (Phi) is 6.85. The zero-order valence-corrected chi connectivity index (χ0v) is 18.8. The molecule has 7 nitrogen and oxygen atoms in total. The first-order valence-corrected chi connectivity index (χ1v) is 10.9. The molecule has 2 aromatic carbocycles. The Balaban J connectivity index is 1.72. The third-order valence-corrected chi connectivity index (χ3v) is 5.77. The van der Waals surface area contributed by atoms with Crippen LogP contribution in [0.1, 0.15) is 19.3 Å². The van der Waals surface area contributed by atoms with E-state index in [1.54, 1.807) is 51.7 Å². The molecule has 3 aromatic rings. The van der Waals surface area contributed by atoms with Gasteiger partial charge in [0.2, 0.25) is 11.2 Å². The molecule has 0 unspecified atom stereocenters. The third kappa shape index (κ3) is 4.53. The lowest BCUT2D eigenvalue weighted by molar-refractivity contribution is 0.259. The Bertz CT molecular complexity index is 1130. The van der Waals surface area contributed by atoms with Crippen LogP contribution >= 0.6 is 0 Å². The summed E-state index contributed by atoms with van der Waals surface area (Å²) in [4.78, 5) is 15.8. The van der Waals surface area contributed by atoms with E-state index in [0.717, 1.165) is 26.1 Å². The minimum atomic E-state index is -0.208. The number of ether oxygens (including phenoxy) is 4. The van der Waals surface area contributed by atoms with Crippen LogP contribution in [0.2, 0.25) is 0 Å². The molecule has 170 valence electrons. The Morgan fingerprint density at radius 1 is 0.938 bits per heavy atom. The first kappa shape index (κ1) is 22.0. The summed E-state index contributed by atoms with van der Waals surface area (Å²) in [5, 5.41) is 0.449. The van der Waals surface area contributed by atoms with Crippen molar-refractivity contribution in [2.45, 2.75) is 19.3 Å². The van der Waals surface area contributed by atoms with Crippen molar-refractivity contribution in [3.05, 3.63) is 46.6 Å².